The number of aromatic nitrogens is 1. The van der Waals surface area contributed by atoms with Gasteiger partial charge in [0.2, 0.25) is 5.91 Å². The molecular weight excluding hydrogens is 206 g/mol. The lowest BCUT2D eigenvalue weighted by Crippen LogP contribution is -2.29. The first kappa shape index (κ1) is 12.4. The number of nitrogens with one attached hydrogen (secondary N) is 1. The van der Waals surface area contributed by atoms with Crippen LogP contribution < -0.4 is 11.1 Å². The van der Waals surface area contributed by atoms with Gasteiger partial charge >= 0.3 is 0 Å². The van der Waals surface area contributed by atoms with E-state index in [2.05, 4.69) is 10.3 Å². The fourth-order valence-corrected chi connectivity index (χ4v) is 1.42. The van der Waals surface area contributed by atoms with Crippen molar-refractivity contribution in [2.45, 2.75) is 19.8 Å². The van der Waals surface area contributed by atoms with E-state index < -0.39 is 0 Å². The van der Waals surface area contributed by atoms with E-state index in [4.69, 9.17) is 5.73 Å². The number of pyridine rings is 1. The highest BCUT2D eigenvalue weighted by Crippen LogP contribution is 2.19. The zero-order chi connectivity index (χ0) is 12.0. The molecule has 1 atom stereocenters. The first-order valence-corrected chi connectivity index (χ1v) is 5.34. The number of nitrogens with zero attached hydrogens (tertiary/aromatic N) is 1. The minimum Gasteiger partial charge on any atom is -0.504 e. The zero-order valence-electron chi connectivity index (χ0n) is 9.31. The summed E-state index contributed by atoms with van der Waals surface area (Å²) in [6.45, 7) is 2.29. The largest absolute Gasteiger partial charge is 0.504 e. The van der Waals surface area contributed by atoms with E-state index in [0.717, 1.165) is 12.8 Å². The van der Waals surface area contributed by atoms with Crippen LogP contribution >= 0.6 is 0 Å². The number of amides is 1. The maximum Gasteiger partial charge on any atom is 0.230 e. The minimum absolute atomic E-state index is 0.0388. The molecule has 0 fully saturated rings. The van der Waals surface area contributed by atoms with Crippen molar-refractivity contribution in [3.8, 4) is 5.75 Å². The summed E-state index contributed by atoms with van der Waals surface area (Å²) >= 11 is 0. The van der Waals surface area contributed by atoms with E-state index in [-0.39, 0.29) is 23.4 Å². The van der Waals surface area contributed by atoms with E-state index in [1.165, 1.54) is 12.3 Å². The molecule has 1 heterocycles. The van der Waals surface area contributed by atoms with Crippen LogP contribution in [0.5, 0.6) is 5.75 Å². The molecule has 1 rings (SSSR count). The van der Waals surface area contributed by atoms with Crippen LogP contribution in [0, 0.1) is 5.92 Å². The molecule has 5 heteroatoms. The lowest BCUT2D eigenvalue weighted by atomic mass is 10.0. The molecular formula is C11H17N3O2. The normalized spacial score (nSPS) is 12.1. The molecule has 0 aromatic carbocycles. The van der Waals surface area contributed by atoms with Gasteiger partial charge in [0.1, 0.15) is 0 Å². The van der Waals surface area contributed by atoms with Crippen LogP contribution in [0.3, 0.4) is 0 Å². The van der Waals surface area contributed by atoms with E-state index in [1.807, 2.05) is 6.92 Å². The smallest absolute Gasteiger partial charge is 0.230 e. The van der Waals surface area contributed by atoms with Crippen molar-refractivity contribution in [1.82, 2.24) is 4.98 Å². The van der Waals surface area contributed by atoms with Gasteiger partial charge in [-0.3, -0.25) is 4.79 Å². The van der Waals surface area contributed by atoms with Gasteiger partial charge in [0.15, 0.2) is 11.6 Å². The highest BCUT2D eigenvalue weighted by Gasteiger charge is 2.17. The highest BCUT2D eigenvalue weighted by molar-refractivity contribution is 5.92. The number of carbonyl (C=O) groups excluding carboxylic acids is 1. The van der Waals surface area contributed by atoms with Gasteiger partial charge in [0, 0.05) is 12.7 Å². The molecule has 1 unspecified atom stereocenters. The summed E-state index contributed by atoms with van der Waals surface area (Å²) in [5, 5.41) is 12.0. The molecule has 0 spiro atoms. The second-order valence-electron chi connectivity index (χ2n) is 3.58. The Morgan fingerprint density at radius 2 is 2.44 bits per heavy atom. The molecule has 0 bridgehead atoms. The van der Waals surface area contributed by atoms with Crippen LogP contribution in [0.1, 0.15) is 19.8 Å². The predicted molar refractivity (Wildman–Crippen MR) is 62.0 cm³/mol. The Kier molecular flexibility index (Phi) is 4.72. The quantitative estimate of drug-likeness (QED) is 0.697. The fourth-order valence-electron chi connectivity index (χ4n) is 1.42. The number of aromatic hydroxyl groups is 1. The SMILES string of the molecule is CCCC(CN)C(=O)Nc1ncccc1O. The van der Waals surface area contributed by atoms with Gasteiger partial charge in [-0.2, -0.15) is 0 Å². The van der Waals surface area contributed by atoms with Crippen molar-refractivity contribution in [1.29, 1.82) is 0 Å². The third kappa shape index (κ3) is 3.20. The first-order valence-electron chi connectivity index (χ1n) is 5.34. The van der Waals surface area contributed by atoms with E-state index in [9.17, 15) is 9.90 Å². The Bertz CT molecular complexity index is 355. The van der Waals surface area contributed by atoms with Crippen molar-refractivity contribution in [2.75, 3.05) is 11.9 Å². The molecule has 1 aromatic heterocycles. The number of hydrogen-bond donors (Lipinski definition) is 3. The van der Waals surface area contributed by atoms with Crippen molar-refractivity contribution < 1.29 is 9.90 Å². The summed E-state index contributed by atoms with van der Waals surface area (Å²) in [5.74, 6) is -0.282. The molecule has 16 heavy (non-hydrogen) atoms. The molecule has 0 saturated heterocycles. The molecule has 4 N–H and O–H groups in total. The van der Waals surface area contributed by atoms with Crippen molar-refractivity contribution in [3.63, 3.8) is 0 Å². The van der Waals surface area contributed by atoms with Gasteiger partial charge in [-0.25, -0.2) is 4.98 Å². The molecule has 0 aliphatic carbocycles. The number of hydrogen-bond acceptors (Lipinski definition) is 4. The average Bonchev–Trinajstić information content (AvgIpc) is 2.29. The Morgan fingerprint density at radius 1 is 1.69 bits per heavy atom. The summed E-state index contributed by atoms with van der Waals surface area (Å²) in [7, 11) is 0. The van der Waals surface area contributed by atoms with Crippen LogP contribution in [0.2, 0.25) is 0 Å². The second kappa shape index (κ2) is 6.07. The lowest BCUT2D eigenvalue weighted by Gasteiger charge is -2.13. The molecule has 0 saturated carbocycles. The second-order valence-corrected chi connectivity index (χ2v) is 3.58. The van der Waals surface area contributed by atoms with Crippen molar-refractivity contribution in [3.05, 3.63) is 18.3 Å². The third-order valence-corrected chi connectivity index (χ3v) is 2.32. The van der Waals surface area contributed by atoms with Gasteiger partial charge in [-0.1, -0.05) is 13.3 Å². The molecule has 1 aromatic rings. The molecule has 88 valence electrons. The maximum absolute atomic E-state index is 11.7. The van der Waals surface area contributed by atoms with Crippen LogP contribution in [0.4, 0.5) is 5.82 Å². The van der Waals surface area contributed by atoms with Gasteiger partial charge in [-0.15, -0.1) is 0 Å². The van der Waals surface area contributed by atoms with Crippen molar-refractivity contribution >= 4 is 11.7 Å². The van der Waals surface area contributed by atoms with Gasteiger partial charge in [-0.05, 0) is 18.6 Å². The highest BCUT2D eigenvalue weighted by atomic mass is 16.3. The lowest BCUT2D eigenvalue weighted by molar-refractivity contribution is -0.119. The summed E-state index contributed by atoms with van der Waals surface area (Å²) in [5.41, 5.74) is 5.51. The number of nitrogens with two attached hydrogens (primary N) is 1. The summed E-state index contributed by atoms with van der Waals surface area (Å²) in [4.78, 5) is 15.6. The first-order chi connectivity index (χ1) is 7.69. The van der Waals surface area contributed by atoms with Crippen LogP contribution in [0.15, 0.2) is 18.3 Å². The van der Waals surface area contributed by atoms with Crippen LogP contribution in [-0.2, 0) is 4.79 Å². The van der Waals surface area contributed by atoms with Crippen LogP contribution in [0.25, 0.3) is 0 Å². The molecule has 5 nitrogen and oxygen atoms in total. The molecule has 0 aliphatic rings. The van der Waals surface area contributed by atoms with E-state index >= 15 is 0 Å². The summed E-state index contributed by atoms with van der Waals surface area (Å²) in [6, 6.07) is 3.07. The van der Waals surface area contributed by atoms with E-state index in [0.29, 0.717) is 6.54 Å². The standard InChI is InChI=1S/C11H17N3O2/c1-2-4-8(7-12)11(16)14-10-9(15)5-3-6-13-10/h3,5-6,8,15H,2,4,7,12H2,1H3,(H,13,14,16). The van der Waals surface area contributed by atoms with Crippen LogP contribution in [-0.4, -0.2) is 22.5 Å². The minimum atomic E-state index is -0.230. The van der Waals surface area contributed by atoms with Gasteiger partial charge < -0.3 is 16.2 Å². The van der Waals surface area contributed by atoms with E-state index in [1.54, 1.807) is 6.07 Å². The summed E-state index contributed by atoms with van der Waals surface area (Å²) < 4.78 is 0. The Balaban J connectivity index is 2.66. The number of carbonyl (C=O) groups is 1. The molecule has 1 amide bonds. The van der Waals surface area contributed by atoms with Crippen molar-refractivity contribution in [2.24, 2.45) is 11.7 Å². The Morgan fingerprint density at radius 3 is 3.00 bits per heavy atom. The van der Waals surface area contributed by atoms with Gasteiger partial charge in [0.25, 0.3) is 0 Å². The monoisotopic (exact) mass is 223 g/mol. The molecule has 0 aliphatic heterocycles. The number of rotatable bonds is 5. The molecule has 0 radical (unpaired) electrons. The third-order valence-electron chi connectivity index (χ3n) is 2.32. The number of anilines is 1. The maximum atomic E-state index is 11.7. The Labute approximate surface area is 94.7 Å². The fraction of sp³-hybridized carbons (Fsp3) is 0.455. The van der Waals surface area contributed by atoms with Gasteiger partial charge in [0.05, 0.1) is 5.92 Å². The average molecular weight is 223 g/mol. The Hall–Kier alpha value is -1.62. The predicted octanol–water partition coefficient (Wildman–Crippen LogP) is 1.10. The summed E-state index contributed by atoms with van der Waals surface area (Å²) in [6.07, 6.45) is 3.13. The zero-order valence-corrected chi connectivity index (χ0v) is 9.31. The topological polar surface area (TPSA) is 88.2 Å².